The van der Waals surface area contributed by atoms with Crippen molar-refractivity contribution in [1.82, 2.24) is 19.0 Å². The monoisotopic (exact) mass is 580 g/mol. The molecule has 1 aliphatic rings. The number of nitrogens with one attached hydrogen (secondary N) is 1. The quantitative estimate of drug-likeness (QED) is 0.441. The van der Waals surface area contributed by atoms with E-state index in [0.29, 0.717) is 34.7 Å². The van der Waals surface area contributed by atoms with Gasteiger partial charge < -0.3 is 5.32 Å². The summed E-state index contributed by atoms with van der Waals surface area (Å²) in [5.41, 5.74) is -4.06. The highest BCUT2D eigenvalue weighted by Gasteiger charge is 2.50. The second-order valence-electron chi connectivity index (χ2n) is 7.84. The molecule has 16 heteroatoms. The van der Waals surface area contributed by atoms with Gasteiger partial charge >= 0.3 is 15.5 Å². The standard InChI is InChI=1S/C21H18Cl2F4N6O3S/c1-2-16-18(32-10-13(22)8-14(23)19(32)30-16)20(34)28-9-12-3-4-17(15(24)7-12)33-6-5-31(11-29-33)37(35,36)21(25,26)27/h3-4,7-8,10-11H,2,5-6,9H2,1H3,(H,28,34). The second-order valence-corrected chi connectivity index (χ2v) is 10.6. The van der Waals surface area contributed by atoms with Crippen LogP contribution in [0.1, 0.15) is 28.7 Å². The minimum absolute atomic E-state index is 0.0520. The van der Waals surface area contributed by atoms with Crippen LogP contribution in [0.5, 0.6) is 0 Å². The number of aromatic nitrogens is 2. The fourth-order valence-corrected chi connectivity index (χ4v) is 4.94. The number of aryl methyl sites for hydroxylation is 1. The molecular formula is C21H18Cl2F4N6O3S. The van der Waals surface area contributed by atoms with Crippen LogP contribution in [0.2, 0.25) is 10.0 Å². The number of fused-ring (bicyclic) bond motifs is 1. The lowest BCUT2D eigenvalue weighted by Crippen LogP contribution is -2.46. The van der Waals surface area contributed by atoms with Crippen molar-refractivity contribution in [2.24, 2.45) is 5.10 Å². The number of nitrogens with zero attached hydrogens (tertiary/aromatic N) is 5. The van der Waals surface area contributed by atoms with Crippen molar-refractivity contribution in [2.75, 3.05) is 18.1 Å². The molecule has 0 unspecified atom stereocenters. The molecule has 0 saturated heterocycles. The lowest BCUT2D eigenvalue weighted by molar-refractivity contribution is -0.0471. The van der Waals surface area contributed by atoms with Gasteiger partial charge in [-0.3, -0.25) is 14.2 Å². The Labute approximate surface area is 218 Å². The zero-order valence-electron chi connectivity index (χ0n) is 18.9. The zero-order valence-corrected chi connectivity index (χ0v) is 21.3. The maximum atomic E-state index is 14.8. The Kier molecular flexibility index (Phi) is 7.27. The first-order chi connectivity index (χ1) is 17.3. The molecule has 1 N–H and O–H groups in total. The summed E-state index contributed by atoms with van der Waals surface area (Å²) < 4.78 is 77.4. The molecule has 1 amide bonds. The van der Waals surface area contributed by atoms with Crippen LogP contribution < -0.4 is 10.3 Å². The fraction of sp³-hybridized carbons (Fsp3) is 0.286. The molecule has 0 fully saturated rings. The minimum atomic E-state index is -5.58. The molecule has 198 valence electrons. The zero-order chi connectivity index (χ0) is 27.1. The molecule has 0 saturated carbocycles. The summed E-state index contributed by atoms with van der Waals surface area (Å²) in [6, 6.07) is 5.46. The van der Waals surface area contributed by atoms with E-state index in [9.17, 15) is 30.8 Å². The maximum absolute atomic E-state index is 14.8. The number of hydrogen-bond acceptors (Lipinski definition) is 6. The van der Waals surface area contributed by atoms with E-state index in [4.69, 9.17) is 23.2 Å². The highest BCUT2D eigenvalue weighted by atomic mass is 35.5. The Balaban J connectivity index is 1.48. The van der Waals surface area contributed by atoms with Crippen LogP contribution in [0.3, 0.4) is 0 Å². The van der Waals surface area contributed by atoms with Crippen molar-refractivity contribution in [1.29, 1.82) is 0 Å². The SMILES string of the molecule is CCc1nc2c(Cl)cc(Cl)cn2c1C(=O)NCc1ccc(N2CCN(S(=O)(=O)C(F)(F)F)C=N2)c(F)c1. The summed E-state index contributed by atoms with van der Waals surface area (Å²) in [6.07, 6.45) is 2.44. The number of carbonyl (C=O) groups is 1. The van der Waals surface area contributed by atoms with Crippen LogP contribution in [0, 0.1) is 5.82 Å². The molecule has 2 aromatic heterocycles. The Morgan fingerprint density at radius 3 is 2.51 bits per heavy atom. The number of imidazole rings is 1. The summed E-state index contributed by atoms with van der Waals surface area (Å²) >= 11 is 12.3. The number of anilines is 1. The molecule has 0 spiro atoms. The summed E-state index contributed by atoms with van der Waals surface area (Å²) in [5.74, 6) is -1.25. The number of amides is 1. The van der Waals surface area contributed by atoms with Gasteiger partial charge in [-0.05, 0) is 30.2 Å². The summed E-state index contributed by atoms with van der Waals surface area (Å²) in [6.45, 7) is 0.887. The van der Waals surface area contributed by atoms with E-state index in [0.717, 1.165) is 11.1 Å². The predicted molar refractivity (Wildman–Crippen MR) is 130 cm³/mol. The van der Waals surface area contributed by atoms with Gasteiger partial charge in [0, 0.05) is 12.7 Å². The molecule has 0 aliphatic carbocycles. The highest BCUT2D eigenvalue weighted by molar-refractivity contribution is 7.90. The molecular weight excluding hydrogens is 563 g/mol. The average Bonchev–Trinajstić information content (AvgIpc) is 3.21. The Morgan fingerprint density at radius 2 is 1.92 bits per heavy atom. The number of sulfonamides is 1. The number of pyridine rings is 1. The van der Waals surface area contributed by atoms with Gasteiger partial charge in [0.05, 0.1) is 34.5 Å². The van der Waals surface area contributed by atoms with Gasteiger partial charge in [0.2, 0.25) is 0 Å². The molecule has 1 aromatic carbocycles. The smallest absolute Gasteiger partial charge is 0.347 e. The van der Waals surface area contributed by atoms with Gasteiger partial charge in [-0.15, -0.1) is 0 Å². The molecule has 9 nitrogen and oxygen atoms in total. The first kappa shape index (κ1) is 26.9. The van der Waals surface area contributed by atoms with Crippen molar-refractivity contribution in [3.63, 3.8) is 0 Å². The maximum Gasteiger partial charge on any atom is 0.516 e. The molecule has 3 aromatic rings. The summed E-state index contributed by atoms with van der Waals surface area (Å²) in [5, 5.41) is 7.96. The van der Waals surface area contributed by atoms with E-state index in [2.05, 4.69) is 15.4 Å². The molecule has 0 bridgehead atoms. The van der Waals surface area contributed by atoms with Gasteiger partial charge in [0.25, 0.3) is 5.91 Å². The number of hydrogen-bond donors (Lipinski definition) is 1. The van der Waals surface area contributed by atoms with Gasteiger partial charge in [-0.1, -0.05) is 36.2 Å². The first-order valence-corrected chi connectivity index (χ1v) is 12.9. The predicted octanol–water partition coefficient (Wildman–Crippen LogP) is 4.19. The Morgan fingerprint density at radius 1 is 1.19 bits per heavy atom. The van der Waals surface area contributed by atoms with Crippen molar-refractivity contribution >= 4 is 56.8 Å². The number of alkyl halides is 3. The minimum Gasteiger partial charge on any atom is -0.347 e. The topological polar surface area (TPSA) is 99.4 Å². The van der Waals surface area contributed by atoms with Crippen molar-refractivity contribution in [2.45, 2.75) is 25.4 Å². The third-order valence-corrected chi connectivity index (χ3v) is 7.42. The summed E-state index contributed by atoms with van der Waals surface area (Å²) in [7, 11) is -5.58. The molecule has 1 aliphatic heterocycles. The van der Waals surface area contributed by atoms with Gasteiger partial charge in [0.15, 0.2) is 5.65 Å². The number of benzene rings is 1. The van der Waals surface area contributed by atoms with Crippen LogP contribution >= 0.6 is 23.2 Å². The van der Waals surface area contributed by atoms with Crippen LogP contribution in [-0.2, 0) is 23.0 Å². The Hall–Kier alpha value is -3.10. The van der Waals surface area contributed by atoms with Gasteiger partial charge in [-0.2, -0.15) is 26.7 Å². The number of hydrazone groups is 1. The van der Waals surface area contributed by atoms with Crippen molar-refractivity contribution < 1.29 is 30.8 Å². The lowest BCUT2D eigenvalue weighted by Gasteiger charge is -2.29. The van der Waals surface area contributed by atoms with E-state index in [1.54, 1.807) is 0 Å². The van der Waals surface area contributed by atoms with E-state index < -0.39 is 33.8 Å². The van der Waals surface area contributed by atoms with Crippen LogP contribution in [-0.4, -0.2) is 53.0 Å². The van der Waals surface area contributed by atoms with E-state index in [1.807, 2.05) is 6.92 Å². The highest BCUT2D eigenvalue weighted by Crippen LogP contribution is 2.29. The summed E-state index contributed by atoms with van der Waals surface area (Å²) in [4.78, 5) is 17.4. The first-order valence-electron chi connectivity index (χ1n) is 10.7. The van der Waals surface area contributed by atoms with E-state index in [1.165, 1.54) is 28.8 Å². The third-order valence-electron chi connectivity index (χ3n) is 5.46. The molecule has 0 atom stereocenters. The average molecular weight is 581 g/mol. The molecule has 0 radical (unpaired) electrons. The molecule has 3 heterocycles. The van der Waals surface area contributed by atoms with Crippen LogP contribution in [0.4, 0.5) is 23.2 Å². The van der Waals surface area contributed by atoms with Gasteiger partial charge in [0.1, 0.15) is 17.8 Å². The van der Waals surface area contributed by atoms with Crippen molar-refractivity contribution in [3.05, 3.63) is 63.3 Å². The lowest BCUT2D eigenvalue weighted by atomic mass is 10.1. The van der Waals surface area contributed by atoms with Crippen LogP contribution in [0.15, 0.2) is 35.6 Å². The second kappa shape index (κ2) is 9.99. The number of rotatable bonds is 6. The van der Waals surface area contributed by atoms with Crippen LogP contribution in [0.25, 0.3) is 5.65 Å². The Bertz CT molecular complexity index is 1510. The molecule has 37 heavy (non-hydrogen) atoms. The number of carbonyl (C=O) groups excluding carboxylic acids is 1. The largest absolute Gasteiger partial charge is 0.516 e. The van der Waals surface area contributed by atoms with Gasteiger partial charge in [-0.25, -0.2) is 13.7 Å². The third kappa shape index (κ3) is 5.18. The fourth-order valence-electron chi connectivity index (χ4n) is 3.67. The number of halogens is 6. The van der Waals surface area contributed by atoms with Crippen molar-refractivity contribution in [3.8, 4) is 0 Å². The van der Waals surface area contributed by atoms with E-state index >= 15 is 0 Å². The van der Waals surface area contributed by atoms with E-state index in [-0.39, 0.29) is 33.8 Å². The normalized spacial score (nSPS) is 14.5. The molecule has 4 rings (SSSR count).